The topological polar surface area (TPSA) is 163 Å². The van der Waals surface area contributed by atoms with E-state index in [0.29, 0.717) is 48.2 Å². The average molecular weight is 667 g/mol. The van der Waals surface area contributed by atoms with E-state index < -0.39 is 6.03 Å². The predicted molar refractivity (Wildman–Crippen MR) is 193 cm³/mol. The summed E-state index contributed by atoms with van der Waals surface area (Å²) in [4.78, 5) is 20.3. The molecule has 2 amide bonds. The maximum Gasteiger partial charge on any atom is 0.320 e. The first kappa shape index (κ1) is 35.5. The zero-order chi connectivity index (χ0) is 35.1. The maximum atomic E-state index is 13.5. The number of aliphatic hydroxyl groups is 1. The Labute approximate surface area is 289 Å². The van der Waals surface area contributed by atoms with Crippen LogP contribution in [0.1, 0.15) is 95.1 Å². The number of aromatic nitrogens is 1. The third-order valence-electron chi connectivity index (χ3n) is 9.33. The number of carbonyl (C=O) groups excluding carboxylic acids is 1. The molecule has 2 heterocycles. The first-order valence-electron chi connectivity index (χ1n) is 17.2. The molecule has 260 valence electrons. The summed E-state index contributed by atoms with van der Waals surface area (Å²) in [5.74, 6) is 1.25. The largest absolute Gasteiger partial charge is 0.484 e. The number of piperidine rings is 1. The number of fused-ring (bicyclic) bond motifs is 1. The van der Waals surface area contributed by atoms with Gasteiger partial charge in [0.15, 0.2) is 0 Å². The van der Waals surface area contributed by atoms with Gasteiger partial charge in [0.2, 0.25) is 5.96 Å². The van der Waals surface area contributed by atoms with Crippen LogP contribution in [0.2, 0.25) is 0 Å². The number of hydrogen-bond acceptors (Lipinski definition) is 7. The molecule has 0 spiro atoms. The number of amidine groups is 1. The van der Waals surface area contributed by atoms with Crippen molar-refractivity contribution >= 4 is 29.2 Å². The van der Waals surface area contributed by atoms with Gasteiger partial charge >= 0.3 is 6.03 Å². The summed E-state index contributed by atoms with van der Waals surface area (Å²) in [6, 6.07) is 18.5. The molecule has 49 heavy (non-hydrogen) atoms. The Morgan fingerprint density at radius 1 is 1.02 bits per heavy atom. The van der Waals surface area contributed by atoms with E-state index in [1.54, 1.807) is 22.9 Å². The van der Waals surface area contributed by atoms with E-state index in [1.165, 1.54) is 0 Å². The minimum absolute atomic E-state index is 0.0321. The number of benzene rings is 2. The summed E-state index contributed by atoms with van der Waals surface area (Å²) in [6.07, 6.45) is 6.68. The maximum absolute atomic E-state index is 13.5. The molecule has 0 radical (unpaired) electrons. The molecule has 5 rings (SSSR count). The highest BCUT2D eigenvalue weighted by Gasteiger charge is 2.30. The lowest BCUT2D eigenvalue weighted by molar-refractivity contribution is 0.170. The molecule has 1 aromatic heterocycles. The van der Waals surface area contributed by atoms with Crippen LogP contribution in [0.25, 0.3) is 0 Å². The van der Waals surface area contributed by atoms with E-state index in [2.05, 4.69) is 22.5 Å². The van der Waals surface area contributed by atoms with Crippen LogP contribution in [0, 0.1) is 21.6 Å². The van der Waals surface area contributed by atoms with Crippen LogP contribution in [0.5, 0.6) is 5.75 Å². The van der Waals surface area contributed by atoms with Crippen LogP contribution < -0.4 is 20.9 Å². The number of amides is 2. The molecule has 11 nitrogen and oxygen atoms in total. The van der Waals surface area contributed by atoms with Crippen LogP contribution in [-0.2, 0) is 6.42 Å². The Balaban J connectivity index is 1.31. The number of likely N-dealkylation sites (tertiary alicyclic amines) is 1. The standard InChI is InChI=1S/C38H50N8O3/c1-25-10-7-8-20-45(25)36(41)46-24-28(15-18-34(46)40)49-32-17-16-31(29-13-5-6-14-30(29)32)43-37(48)44-35(23-33(39)38(2,3)4)42-27-12-9-11-26(22-27)19-21-47/h5-6,9,11-15,18,22,24-25,31-32,39-41,47H,7-8,10,16-17,19-21,23H2,1-4H3,(H2,42,43,44,48). The highest BCUT2D eigenvalue weighted by molar-refractivity contribution is 6.09. The third kappa shape index (κ3) is 9.03. The lowest BCUT2D eigenvalue weighted by atomic mass is 9.85. The molecule has 3 unspecified atom stereocenters. The van der Waals surface area contributed by atoms with E-state index in [-0.39, 0.29) is 42.1 Å². The van der Waals surface area contributed by atoms with Gasteiger partial charge in [0, 0.05) is 31.3 Å². The summed E-state index contributed by atoms with van der Waals surface area (Å²) in [5.41, 5.74) is 3.81. The average Bonchev–Trinajstić information content (AvgIpc) is 3.06. The number of urea groups is 1. The monoisotopic (exact) mass is 666 g/mol. The molecule has 11 heteroatoms. The first-order valence-corrected chi connectivity index (χ1v) is 17.2. The number of nitrogens with zero attached hydrogens (tertiary/aromatic N) is 3. The van der Waals surface area contributed by atoms with Crippen LogP contribution in [0.3, 0.4) is 0 Å². The van der Waals surface area contributed by atoms with Gasteiger partial charge in [0.05, 0.1) is 17.9 Å². The molecular formula is C38H50N8O3. The van der Waals surface area contributed by atoms with E-state index in [4.69, 9.17) is 26.0 Å². The Bertz CT molecular complexity index is 1760. The fourth-order valence-electron chi connectivity index (χ4n) is 6.40. The predicted octanol–water partition coefficient (Wildman–Crippen LogP) is 6.60. The van der Waals surface area contributed by atoms with Gasteiger partial charge in [-0.15, -0.1) is 0 Å². The summed E-state index contributed by atoms with van der Waals surface area (Å²) in [6.45, 7) is 8.86. The number of rotatable bonds is 8. The van der Waals surface area contributed by atoms with Crippen molar-refractivity contribution < 1.29 is 14.6 Å². The number of hydrogen-bond donors (Lipinski definition) is 6. The number of aliphatic imine (C=N–C) groups is 1. The number of nitrogens with one attached hydrogen (secondary N) is 5. The quantitative estimate of drug-likeness (QED) is 0.118. The number of pyridine rings is 1. The second-order valence-electron chi connectivity index (χ2n) is 14.1. The van der Waals surface area contributed by atoms with Crippen molar-refractivity contribution in [1.29, 1.82) is 16.2 Å². The Kier molecular flexibility index (Phi) is 11.3. The van der Waals surface area contributed by atoms with Crippen LogP contribution in [0.4, 0.5) is 10.5 Å². The minimum atomic E-state index is -0.399. The van der Waals surface area contributed by atoms with E-state index in [0.717, 1.165) is 42.5 Å². The van der Waals surface area contributed by atoms with Crippen LogP contribution >= 0.6 is 0 Å². The summed E-state index contributed by atoms with van der Waals surface area (Å²) in [7, 11) is 0. The summed E-state index contributed by atoms with van der Waals surface area (Å²) in [5, 5.41) is 41.4. The number of carbonyl (C=O) groups is 1. The molecule has 0 saturated carbocycles. The molecule has 1 aliphatic carbocycles. The molecular weight excluding hydrogens is 616 g/mol. The van der Waals surface area contributed by atoms with Gasteiger partial charge < -0.3 is 25.5 Å². The minimum Gasteiger partial charge on any atom is -0.484 e. The van der Waals surface area contributed by atoms with Gasteiger partial charge in [-0.05, 0) is 91.8 Å². The molecule has 6 N–H and O–H groups in total. The second-order valence-corrected chi connectivity index (χ2v) is 14.1. The Morgan fingerprint density at radius 2 is 1.80 bits per heavy atom. The van der Waals surface area contributed by atoms with Crippen LogP contribution in [-0.4, -0.2) is 57.3 Å². The molecule has 3 aromatic rings. The SMILES string of the molecule is CC1CCCCN1C(=N)n1cc(OC2CCC(NC(=O)NC(CC(=N)C(C)(C)C)=Nc3cccc(CCO)c3)c3ccccc32)ccc1=N. The lowest BCUT2D eigenvalue weighted by Crippen LogP contribution is -2.47. The summed E-state index contributed by atoms with van der Waals surface area (Å²) < 4.78 is 8.11. The van der Waals surface area contributed by atoms with Crippen molar-refractivity contribution in [3.05, 3.63) is 89.0 Å². The van der Waals surface area contributed by atoms with Gasteiger partial charge in [0.25, 0.3) is 0 Å². The molecule has 2 aliphatic rings. The number of aliphatic hydroxyl groups excluding tert-OH is 1. The molecule has 1 aliphatic heterocycles. The molecule has 2 aromatic carbocycles. The van der Waals surface area contributed by atoms with E-state index in [9.17, 15) is 9.90 Å². The van der Waals surface area contributed by atoms with E-state index >= 15 is 0 Å². The van der Waals surface area contributed by atoms with Crippen molar-refractivity contribution in [3.8, 4) is 5.75 Å². The fourth-order valence-corrected chi connectivity index (χ4v) is 6.40. The van der Waals surface area contributed by atoms with Crippen molar-refractivity contribution in [3.63, 3.8) is 0 Å². The highest BCUT2D eigenvalue weighted by Crippen LogP contribution is 2.38. The van der Waals surface area contributed by atoms with Gasteiger partial charge in [0.1, 0.15) is 23.2 Å². The Hall–Kier alpha value is -4.77. The lowest BCUT2D eigenvalue weighted by Gasteiger charge is -2.36. The molecule has 1 saturated heterocycles. The van der Waals surface area contributed by atoms with Gasteiger partial charge in [-0.1, -0.05) is 57.2 Å². The smallest absolute Gasteiger partial charge is 0.320 e. The summed E-state index contributed by atoms with van der Waals surface area (Å²) >= 11 is 0. The van der Waals surface area contributed by atoms with Crippen molar-refractivity contribution in [2.45, 2.75) is 90.8 Å². The third-order valence-corrected chi connectivity index (χ3v) is 9.33. The second kappa shape index (κ2) is 15.6. The molecule has 1 fully saturated rings. The van der Waals surface area contributed by atoms with Crippen molar-refractivity contribution in [1.82, 2.24) is 20.1 Å². The van der Waals surface area contributed by atoms with Gasteiger partial charge in [-0.25, -0.2) is 9.79 Å². The van der Waals surface area contributed by atoms with E-state index in [1.807, 2.05) is 69.3 Å². The van der Waals surface area contributed by atoms with Gasteiger partial charge in [-0.3, -0.25) is 20.7 Å². The van der Waals surface area contributed by atoms with Crippen molar-refractivity contribution in [2.75, 3.05) is 13.2 Å². The fraction of sp³-hybridized carbons (Fsp3) is 0.447. The number of ether oxygens (including phenoxy) is 1. The van der Waals surface area contributed by atoms with Crippen molar-refractivity contribution in [2.24, 2.45) is 10.4 Å². The zero-order valence-electron chi connectivity index (χ0n) is 29.1. The first-order chi connectivity index (χ1) is 23.4. The molecule has 0 bridgehead atoms. The highest BCUT2D eigenvalue weighted by atomic mass is 16.5. The Morgan fingerprint density at radius 3 is 2.53 bits per heavy atom. The van der Waals surface area contributed by atoms with Crippen LogP contribution in [0.15, 0.2) is 71.9 Å². The normalized spacial score (nSPS) is 19.5. The zero-order valence-corrected chi connectivity index (χ0v) is 29.1. The molecule has 3 atom stereocenters. The van der Waals surface area contributed by atoms with Gasteiger partial charge in [-0.2, -0.15) is 0 Å².